The summed E-state index contributed by atoms with van der Waals surface area (Å²) in [4.78, 5) is 2.25. The van der Waals surface area contributed by atoms with E-state index in [1.165, 1.54) is 5.56 Å². The molecule has 7 heteroatoms. The zero-order valence-corrected chi connectivity index (χ0v) is 23.2. The SMILES string of the molecule is Cc1cc(C2=C(c3ccc(OC4CCN(CCCF)C4)cc3)c3ccc(N)cc3CCC2)ccc1OC(C)(F)F. The predicted octanol–water partition coefficient (Wildman–Crippen LogP) is 7.68. The highest BCUT2D eigenvalue weighted by Crippen LogP contribution is 2.41. The van der Waals surface area contributed by atoms with Gasteiger partial charge in [-0.3, -0.25) is 9.29 Å². The van der Waals surface area contributed by atoms with Crippen molar-refractivity contribution in [3.05, 3.63) is 88.5 Å². The van der Waals surface area contributed by atoms with Gasteiger partial charge in [0.25, 0.3) is 0 Å². The quantitative estimate of drug-likeness (QED) is 0.278. The third-order valence-corrected chi connectivity index (χ3v) is 7.67. The maximum absolute atomic E-state index is 13.5. The summed E-state index contributed by atoms with van der Waals surface area (Å²) >= 11 is 0. The van der Waals surface area contributed by atoms with Crippen molar-refractivity contribution in [1.29, 1.82) is 0 Å². The van der Waals surface area contributed by atoms with Gasteiger partial charge in [-0.15, -0.1) is 0 Å². The molecule has 0 bridgehead atoms. The number of nitrogens with two attached hydrogens (primary N) is 1. The van der Waals surface area contributed by atoms with Crippen LogP contribution in [0, 0.1) is 6.92 Å². The molecule has 0 aromatic heterocycles. The van der Waals surface area contributed by atoms with Gasteiger partial charge in [-0.1, -0.05) is 24.3 Å². The Morgan fingerprint density at radius 3 is 2.50 bits per heavy atom. The predicted molar refractivity (Wildman–Crippen MR) is 155 cm³/mol. The summed E-state index contributed by atoms with van der Waals surface area (Å²) < 4.78 is 50.8. The molecule has 1 saturated heterocycles. The summed E-state index contributed by atoms with van der Waals surface area (Å²) in [6, 6.07) is 19.7. The number of aryl methyl sites for hydroxylation is 2. The zero-order valence-electron chi connectivity index (χ0n) is 23.2. The van der Waals surface area contributed by atoms with Crippen LogP contribution in [0.25, 0.3) is 11.1 Å². The molecule has 3 aromatic carbocycles. The molecular formula is C33H37F3N2O2. The van der Waals surface area contributed by atoms with Crippen LogP contribution in [0.3, 0.4) is 0 Å². The Morgan fingerprint density at radius 1 is 1.00 bits per heavy atom. The molecule has 5 rings (SSSR count). The Kier molecular flexibility index (Phi) is 8.40. The van der Waals surface area contributed by atoms with E-state index >= 15 is 0 Å². The molecule has 1 atom stereocenters. The average Bonchev–Trinajstić information content (AvgIpc) is 3.27. The summed E-state index contributed by atoms with van der Waals surface area (Å²) in [5, 5.41) is 0. The van der Waals surface area contributed by atoms with E-state index in [0.29, 0.717) is 12.0 Å². The second-order valence-electron chi connectivity index (χ2n) is 10.9. The van der Waals surface area contributed by atoms with Gasteiger partial charge in [-0.2, -0.15) is 8.78 Å². The molecule has 1 unspecified atom stereocenters. The molecule has 212 valence electrons. The Morgan fingerprint density at radius 2 is 1.77 bits per heavy atom. The average molecular weight is 551 g/mol. The number of anilines is 1. The van der Waals surface area contributed by atoms with Gasteiger partial charge in [0.05, 0.1) is 6.67 Å². The fraction of sp³-hybridized carbons (Fsp3) is 0.394. The van der Waals surface area contributed by atoms with E-state index in [2.05, 4.69) is 29.2 Å². The van der Waals surface area contributed by atoms with Gasteiger partial charge in [0.2, 0.25) is 0 Å². The number of allylic oxidation sites excluding steroid dienone is 1. The molecule has 0 radical (unpaired) electrons. The minimum absolute atomic E-state index is 0.0982. The number of hydrogen-bond donors (Lipinski definition) is 1. The smallest absolute Gasteiger partial charge is 0.394 e. The van der Waals surface area contributed by atoms with E-state index in [4.69, 9.17) is 15.2 Å². The van der Waals surface area contributed by atoms with Crippen molar-refractivity contribution in [2.24, 2.45) is 0 Å². The van der Waals surface area contributed by atoms with Crippen LogP contribution in [0.2, 0.25) is 0 Å². The summed E-state index contributed by atoms with van der Waals surface area (Å²) in [7, 11) is 0. The Bertz CT molecular complexity index is 1370. The lowest BCUT2D eigenvalue weighted by molar-refractivity contribution is -0.159. The van der Waals surface area contributed by atoms with Gasteiger partial charge in [0.1, 0.15) is 17.6 Å². The lowest BCUT2D eigenvalue weighted by atomic mass is 9.87. The molecule has 4 nitrogen and oxygen atoms in total. The van der Waals surface area contributed by atoms with Crippen LogP contribution in [0.4, 0.5) is 18.9 Å². The minimum atomic E-state index is -3.24. The monoisotopic (exact) mass is 550 g/mol. The van der Waals surface area contributed by atoms with Crippen molar-refractivity contribution in [2.45, 2.75) is 58.2 Å². The number of alkyl halides is 3. The number of hydrogen-bond acceptors (Lipinski definition) is 4. The highest BCUT2D eigenvalue weighted by Gasteiger charge is 2.26. The number of rotatable bonds is 9. The molecule has 1 aliphatic heterocycles. The van der Waals surface area contributed by atoms with E-state index < -0.39 is 6.11 Å². The molecule has 1 aliphatic carbocycles. The number of nitrogen functional groups attached to an aromatic ring is 1. The van der Waals surface area contributed by atoms with E-state index in [1.807, 2.05) is 30.3 Å². The third kappa shape index (κ3) is 6.64. The van der Waals surface area contributed by atoms with E-state index in [9.17, 15) is 13.2 Å². The van der Waals surface area contributed by atoms with Crippen LogP contribution in [-0.2, 0) is 6.42 Å². The van der Waals surface area contributed by atoms with Gasteiger partial charge in [-0.05, 0) is 114 Å². The maximum atomic E-state index is 13.5. The lowest BCUT2D eigenvalue weighted by Gasteiger charge is -2.20. The number of fused-ring (bicyclic) bond motifs is 1. The number of likely N-dealkylation sites (tertiary alicyclic amines) is 1. The van der Waals surface area contributed by atoms with Crippen molar-refractivity contribution in [1.82, 2.24) is 4.90 Å². The standard InChI is InChI=1S/C33H37F3N2O2/c1-22-19-25(9-14-31(22)40-33(2,35)36)29-6-3-5-24-20-26(37)10-13-30(24)32(29)23-7-11-27(12-8-23)39-28-15-18-38(21-28)17-4-16-34/h7-14,19-20,28H,3-6,15-18,21,37H2,1-2H3. The molecule has 0 amide bonds. The first-order valence-electron chi connectivity index (χ1n) is 14.1. The third-order valence-electron chi connectivity index (χ3n) is 7.67. The first-order valence-corrected chi connectivity index (χ1v) is 14.1. The fourth-order valence-electron chi connectivity index (χ4n) is 5.84. The molecule has 1 fully saturated rings. The molecule has 3 aromatic rings. The summed E-state index contributed by atoms with van der Waals surface area (Å²) in [5.41, 5.74) is 14.2. The van der Waals surface area contributed by atoms with Crippen LogP contribution < -0.4 is 15.2 Å². The first-order chi connectivity index (χ1) is 19.2. The van der Waals surface area contributed by atoms with Crippen molar-refractivity contribution < 1.29 is 22.6 Å². The van der Waals surface area contributed by atoms with Crippen molar-refractivity contribution >= 4 is 16.8 Å². The second-order valence-corrected chi connectivity index (χ2v) is 10.9. The van der Waals surface area contributed by atoms with Crippen LogP contribution in [0.15, 0.2) is 60.7 Å². The Balaban J connectivity index is 1.48. The van der Waals surface area contributed by atoms with E-state index in [0.717, 1.165) is 91.5 Å². The maximum Gasteiger partial charge on any atom is 0.394 e. The number of nitrogens with zero attached hydrogens (tertiary/aromatic N) is 1. The summed E-state index contributed by atoms with van der Waals surface area (Å²) in [6.45, 7) is 4.77. The molecular weight excluding hydrogens is 513 g/mol. The minimum Gasteiger partial charge on any atom is -0.489 e. The van der Waals surface area contributed by atoms with Crippen molar-refractivity contribution in [3.63, 3.8) is 0 Å². The highest BCUT2D eigenvalue weighted by molar-refractivity contribution is 6.00. The lowest BCUT2D eigenvalue weighted by Crippen LogP contribution is -2.26. The molecule has 2 aliphatic rings. The molecule has 1 heterocycles. The first kappa shape index (κ1) is 28.1. The number of benzene rings is 3. The van der Waals surface area contributed by atoms with Crippen LogP contribution in [-0.4, -0.2) is 43.4 Å². The fourth-order valence-corrected chi connectivity index (χ4v) is 5.84. The van der Waals surface area contributed by atoms with Gasteiger partial charge in [0.15, 0.2) is 0 Å². The Labute approximate surface area is 234 Å². The topological polar surface area (TPSA) is 47.7 Å². The van der Waals surface area contributed by atoms with E-state index in [-0.39, 0.29) is 18.5 Å². The molecule has 40 heavy (non-hydrogen) atoms. The second kappa shape index (κ2) is 12.0. The highest BCUT2D eigenvalue weighted by atomic mass is 19.3. The van der Waals surface area contributed by atoms with Crippen molar-refractivity contribution in [2.75, 3.05) is 32.0 Å². The Hall–Kier alpha value is -3.45. The molecule has 0 spiro atoms. The zero-order chi connectivity index (χ0) is 28.3. The number of halogens is 3. The van der Waals surface area contributed by atoms with Gasteiger partial charge >= 0.3 is 6.11 Å². The summed E-state index contributed by atoms with van der Waals surface area (Å²) in [5.74, 6) is 0.990. The number of ether oxygens (including phenoxy) is 2. The van der Waals surface area contributed by atoms with E-state index in [1.54, 1.807) is 13.0 Å². The van der Waals surface area contributed by atoms with Gasteiger partial charge < -0.3 is 15.2 Å². The van der Waals surface area contributed by atoms with Gasteiger partial charge in [0, 0.05) is 32.2 Å². The van der Waals surface area contributed by atoms with Crippen LogP contribution in [0.1, 0.15) is 60.4 Å². The molecule has 0 saturated carbocycles. The molecule has 2 N–H and O–H groups in total. The van der Waals surface area contributed by atoms with Crippen molar-refractivity contribution in [3.8, 4) is 11.5 Å². The largest absolute Gasteiger partial charge is 0.489 e. The van der Waals surface area contributed by atoms with Crippen LogP contribution >= 0.6 is 0 Å². The van der Waals surface area contributed by atoms with Crippen LogP contribution in [0.5, 0.6) is 11.5 Å². The normalized spacial score (nSPS) is 18.0. The summed E-state index contributed by atoms with van der Waals surface area (Å²) in [6.07, 6.45) is 1.03. The van der Waals surface area contributed by atoms with Gasteiger partial charge in [-0.25, -0.2) is 0 Å².